The van der Waals surface area contributed by atoms with Crippen molar-refractivity contribution in [3.05, 3.63) is 35.6 Å². The second-order valence-electron chi connectivity index (χ2n) is 4.86. The lowest BCUT2D eigenvalue weighted by Gasteiger charge is -2.07. The number of benzene rings is 1. The predicted octanol–water partition coefficient (Wildman–Crippen LogP) is 0.907. The van der Waals surface area contributed by atoms with Crippen molar-refractivity contribution in [1.82, 2.24) is 10.6 Å². The molecule has 1 amide bonds. The van der Waals surface area contributed by atoms with Gasteiger partial charge in [0.05, 0.1) is 0 Å². The van der Waals surface area contributed by atoms with Gasteiger partial charge >= 0.3 is 0 Å². The lowest BCUT2D eigenvalue weighted by Crippen LogP contribution is -2.29. The van der Waals surface area contributed by atoms with E-state index in [1.165, 1.54) is 12.1 Å². The number of amides is 1. The summed E-state index contributed by atoms with van der Waals surface area (Å²) in [6.07, 6.45) is 0. The molecule has 1 aromatic rings. The Morgan fingerprint density at radius 3 is 2.88 bits per heavy atom. The number of hydrogen-bond donors (Lipinski definition) is 2. The van der Waals surface area contributed by atoms with Gasteiger partial charge in [-0.15, -0.1) is 0 Å². The molecule has 0 radical (unpaired) electrons. The summed E-state index contributed by atoms with van der Waals surface area (Å²) in [7, 11) is 0. The number of hydrogen-bond acceptors (Lipinski definition) is 2. The van der Waals surface area contributed by atoms with Gasteiger partial charge in [-0.05, 0) is 42.6 Å². The Morgan fingerprint density at radius 1 is 1.41 bits per heavy atom. The summed E-state index contributed by atoms with van der Waals surface area (Å²) in [6, 6.07) is 6.34. The molecule has 1 saturated heterocycles. The highest BCUT2D eigenvalue weighted by atomic mass is 19.1. The van der Waals surface area contributed by atoms with Crippen LogP contribution in [0, 0.1) is 23.6 Å². The molecule has 3 atom stereocenters. The van der Waals surface area contributed by atoms with Crippen molar-refractivity contribution in [2.75, 3.05) is 13.1 Å². The summed E-state index contributed by atoms with van der Waals surface area (Å²) < 4.78 is 12.9. The van der Waals surface area contributed by atoms with E-state index in [2.05, 4.69) is 10.6 Å². The lowest BCUT2D eigenvalue weighted by atomic mass is 10.2. The molecule has 1 aliphatic carbocycles. The SMILES string of the molecule is O=C(NCc1cccc(F)c1)[C@H]1[C@@H]2CNC[C@@H]21. The monoisotopic (exact) mass is 234 g/mol. The average molecular weight is 234 g/mol. The molecule has 90 valence electrons. The van der Waals surface area contributed by atoms with E-state index in [1.54, 1.807) is 6.07 Å². The number of halogens is 1. The molecule has 2 N–H and O–H groups in total. The molecule has 0 unspecified atom stereocenters. The fourth-order valence-electron chi connectivity index (χ4n) is 2.76. The first kappa shape index (κ1) is 10.7. The van der Waals surface area contributed by atoms with E-state index in [0.29, 0.717) is 18.4 Å². The molecule has 0 spiro atoms. The average Bonchev–Trinajstić information content (AvgIpc) is 2.80. The maximum absolute atomic E-state index is 12.9. The standard InChI is InChI=1S/C13H15FN2O/c14-9-3-1-2-8(4-9)5-16-13(17)12-10-6-15-7-11(10)12/h1-4,10-12,15H,5-7H2,(H,16,17)/t10-,11+,12+. The van der Waals surface area contributed by atoms with Crippen LogP contribution in [0.4, 0.5) is 4.39 Å². The van der Waals surface area contributed by atoms with E-state index in [9.17, 15) is 9.18 Å². The Balaban J connectivity index is 1.53. The highest BCUT2D eigenvalue weighted by Gasteiger charge is 2.56. The molecule has 1 saturated carbocycles. The maximum atomic E-state index is 12.9. The first-order valence-electron chi connectivity index (χ1n) is 5.98. The van der Waals surface area contributed by atoms with Gasteiger partial charge in [-0.1, -0.05) is 12.1 Å². The van der Waals surface area contributed by atoms with Crippen molar-refractivity contribution in [2.24, 2.45) is 17.8 Å². The van der Waals surface area contributed by atoms with E-state index < -0.39 is 0 Å². The quantitative estimate of drug-likeness (QED) is 0.816. The maximum Gasteiger partial charge on any atom is 0.224 e. The van der Waals surface area contributed by atoms with Crippen LogP contribution in [0.2, 0.25) is 0 Å². The number of carbonyl (C=O) groups is 1. The third-order valence-corrected chi connectivity index (χ3v) is 3.75. The summed E-state index contributed by atoms with van der Waals surface area (Å²) in [6.45, 7) is 2.34. The van der Waals surface area contributed by atoms with E-state index in [-0.39, 0.29) is 17.6 Å². The Labute approximate surface area is 99.4 Å². The third-order valence-electron chi connectivity index (χ3n) is 3.75. The molecule has 2 fully saturated rings. The Hall–Kier alpha value is -1.42. The fraction of sp³-hybridized carbons (Fsp3) is 0.462. The van der Waals surface area contributed by atoms with Crippen LogP contribution in [-0.4, -0.2) is 19.0 Å². The van der Waals surface area contributed by atoms with Gasteiger partial charge in [-0.25, -0.2) is 4.39 Å². The Kier molecular flexibility index (Phi) is 2.59. The van der Waals surface area contributed by atoms with Gasteiger partial charge in [0.25, 0.3) is 0 Å². The van der Waals surface area contributed by atoms with E-state index in [1.807, 2.05) is 6.07 Å². The zero-order valence-corrected chi connectivity index (χ0v) is 9.45. The highest BCUT2D eigenvalue weighted by molar-refractivity contribution is 5.82. The molecular formula is C13H15FN2O. The zero-order valence-electron chi connectivity index (χ0n) is 9.45. The minimum atomic E-state index is -0.260. The molecule has 4 heteroatoms. The smallest absolute Gasteiger partial charge is 0.224 e. The topological polar surface area (TPSA) is 41.1 Å². The Morgan fingerprint density at radius 2 is 2.18 bits per heavy atom. The van der Waals surface area contributed by atoms with Crippen LogP contribution in [-0.2, 0) is 11.3 Å². The van der Waals surface area contributed by atoms with Gasteiger partial charge in [-0.2, -0.15) is 0 Å². The summed E-state index contributed by atoms with van der Waals surface area (Å²) in [4.78, 5) is 11.8. The van der Waals surface area contributed by atoms with E-state index in [0.717, 1.165) is 18.7 Å². The van der Waals surface area contributed by atoms with Crippen LogP contribution < -0.4 is 10.6 Å². The summed E-state index contributed by atoms with van der Waals surface area (Å²) in [5, 5.41) is 6.14. The van der Waals surface area contributed by atoms with Crippen LogP contribution in [0.25, 0.3) is 0 Å². The molecule has 0 aromatic heterocycles. The highest BCUT2D eigenvalue weighted by Crippen LogP contribution is 2.48. The van der Waals surface area contributed by atoms with E-state index in [4.69, 9.17) is 0 Å². The van der Waals surface area contributed by atoms with Crippen LogP contribution in [0.5, 0.6) is 0 Å². The van der Waals surface area contributed by atoms with Crippen molar-refractivity contribution in [3.63, 3.8) is 0 Å². The second kappa shape index (κ2) is 4.11. The molecular weight excluding hydrogens is 219 g/mol. The van der Waals surface area contributed by atoms with Crippen LogP contribution in [0.3, 0.4) is 0 Å². The summed E-state index contributed by atoms with van der Waals surface area (Å²) >= 11 is 0. The minimum Gasteiger partial charge on any atom is -0.352 e. The molecule has 17 heavy (non-hydrogen) atoms. The largest absolute Gasteiger partial charge is 0.352 e. The van der Waals surface area contributed by atoms with Crippen molar-refractivity contribution >= 4 is 5.91 Å². The van der Waals surface area contributed by atoms with Gasteiger partial charge in [0.1, 0.15) is 5.82 Å². The van der Waals surface area contributed by atoms with Gasteiger partial charge in [0, 0.05) is 12.5 Å². The first-order chi connectivity index (χ1) is 8.25. The van der Waals surface area contributed by atoms with Gasteiger partial charge in [-0.3, -0.25) is 4.79 Å². The molecule has 3 nitrogen and oxygen atoms in total. The predicted molar refractivity (Wildman–Crippen MR) is 61.6 cm³/mol. The molecule has 2 aliphatic rings. The number of carbonyl (C=O) groups excluding carboxylic acids is 1. The lowest BCUT2D eigenvalue weighted by molar-refractivity contribution is -0.123. The fourth-order valence-corrected chi connectivity index (χ4v) is 2.76. The molecule has 1 heterocycles. The van der Waals surface area contributed by atoms with Crippen molar-refractivity contribution in [2.45, 2.75) is 6.54 Å². The molecule has 3 rings (SSSR count). The second-order valence-corrected chi connectivity index (χ2v) is 4.86. The van der Waals surface area contributed by atoms with Crippen molar-refractivity contribution in [1.29, 1.82) is 0 Å². The normalized spacial score (nSPS) is 29.8. The van der Waals surface area contributed by atoms with Gasteiger partial charge < -0.3 is 10.6 Å². The number of rotatable bonds is 3. The van der Waals surface area contributed by atoms with Crippen molar-refractivity contribution < 1.29 is 9.18 Å². The summed E-state index contributed by atoms with van der Waals surface area (Å²) in [5.41, 5.74) is 0.808. The van der Waals surface area contributed by atoms with Crippen molar-refractivity contribution in [3.8, 4) is 0 Å². The zero-order chi connectivity index (χ0) is 11.8. The first-order valence-corrected chi connectivity index (χ1v) is 5.98. The van der Waals surface area contributed by atoms with Crippen LogP contribution >= 0.6 is 0 Å². The van der Waals surface area contributed by atoms with E-state index >= 15 is 0 Å². The third kappa shape index (κ3) is 2.05. The molecule has 1 aliphatic heterocycles. The Bertz CT molecular complexity index is 439. The summed E-state index contributed by atoms with van der Waals surface area (Å²) in [5.74, 6) is 1.10. The number of fused-ring (bicyclic) bond motifs is 1. The molecule has 1 aromatic carbocycles. The van der Waals surface area contributed by atoms with Gasteiger partial charge in [0.15, 0.2) is 0 Å². The van der Waals surface area contributed by atoms with Crippen LogP contribution in [0.15, 0.2) is 24.3 Å². The minimum absolute atomic E-state index is 0.116. The number of piperidine rings is 1. The number of nitrogens with one attached hydrogen (secondary N) is 2. The van der Waals surface area contributed by atoms with Crippen LogP contribution in [0.1, 0.15) is 5.56 Å². The van der Waals surface area contributed by atoms with Gasteiger partial charge in [0.2, 0.25) is 5.91 Å². The molecule has 0 bridgehead atoms.